The van der Waals surface area contributed by atoms with Crippen LogP contribution in [0.2, 0.25) is 0 Å². The molecule has 2 aliphatic rings. The number of fused-ring (bicyclic) bond motifs is 3. The number of nitriles is 1. The molecule has 1 atom stereocenters. The molecule has 0 radical (unpaired) electrons. The molecule has 4 rings (SSSR count). The maximum Gasteiger partial charge on any atom is 0.214 e. The molecule has 0 amide bonds. The van der Waals surface area contributed by atoms with Crippen molar-refractivity contribution in [3.8, 4) is 6.07 Å². The van der Waals surface area contributed by atoms with Crippen LogP contribution in [0.3, 0.4) is 0 Å². The van der Waals surface area contributed by atoms with E-state index < -0.39 is 10.0 Å². The van der Waals surface area contributed by atoms with Crippen LogP contribution in [0.4, 0.5) is 0 Å². The first kappa shape index (κ1) is 19.6. The fourth-order valence-electron chi connectivity index (χ4n) is 4.03. The van der Waals surface area contributed by atoms with E-state index >= 15 is 0 Å². The summed E-state index contributed by atoms with van der Waals surface area (Å²) in [5, 5.41) is 10.1. The first-order valence-electron chi connectivity index (χ1n) is 9.79. The van der Waals surface area contributed by atoms with Gasteiger partial charge in [0, 0.05) is 41.0 Å². The Kier molecular flexibility index (Phi) is 5.15. The summed E-state index contributed by atoms with van der Waals surface area (Å²) in [6.07, 6.45) is 7.98. The average Bonchev–Trinajstić information content (AvgIpc) is 3.43. The highest BCUT2D eigenvalue weighted by Crippen LogP contribution is 2.35. The zero-order chi connectivity index (χ0) is 20.6. The van der Waals surface area contributed by atoms with Gasteiger partial charge < -0.3 is 4.57 Å². The fraction of sp³-hybridized carbons (Fsp3) is 0.364. The van der Waals surface area contributed by atoms with Crippen molar-refractivity contribution in [3.63, 3.8) is 0 Å². The van der Waals surface area contributed by atoms with E-state index in [-0.39, 0.29) is 11.3 Å². The zero-order valence-corrected chi connectivity index (χ0v) is 17.2. The molecule has 6 nitrogen and oxygen atoms in total. The smallest absolute Gasteiger partial charge is 0.214 e. The second-order valence-electron chi connectivity index (χ2n) is 7.76. The summed E-state index contributed by atoms with van der Waals surface area (Å²) in [5.74, 6) is 0. The minimum atomic E-state index is -3.24. The van der Waals surface area contributed by atoms with Gasteiger partial charge in [0.05, 0.1) is 23.4 Å². The van der Waals surface area contributed by atoms with Crippen LogP contribution in [0.25, 0.3) is 10.9 Å². The van der Waals surface area contributed by atoms with Crippen LogP contribution in [-0.2, 0) is 29.4 Å². The number of nitrogens with one attached hydrogen (secondary N) is 1. The minimum absolute atomic E-state index is 0.134. The van der Waals surface area contributed by atoms with Crippen LogP contribution < -0.4 is 4.72 Å². The molecule has 29 heavy (non-hydrogen) atoms. The predicted octanol–water partition coefficient (Wildman–Crippen LogP) is 3.22. The Morgan fingerprint density at radius 3 is 2.90 bits per heavy atom. The van der Waals surface area contributed by atoms with Crippen molar-refractivity contribution < 1.29 is 8.42 Å². The quantitative estimate of drug-likeness (QED) is 0.564. The molecule has 0 bridgehead atoms. The lowest BCUT2D eigenvalue weighted by atomic mass is 10.1. The third kappa shape index (κ3) is 3.91. The summed E-state index contributed by atoms with van der Waals surface area (Å²) >= 11 is 0. The molecule has 2 aromatic rings. The lowest BCUT2D eigenvalue weighted by molar-refractivity contribution is 0.552. The molecular formula is C22H24N4O2S. The van der Waals surface area contributed by atoms with Gasteiger partial charge in [-0.2, -0.15) is 5.26 Å². The molecule has 1 heterocycles. The summed E-state index contributed by atoms with van der Waals surface area (Å²) < 4.78 is 29.9. The van der Waals surface area contributed by atoms with Crippen LogP contribution in [0, 0.1) is 11.3 Å². The second kappa shape index (κ2) is 7.62. The van der Waals surface area contributed by atoms with Gasteiger partial charge in [0.2, 0.25) is 10.0 Å². The predicted molar refractivity (Wildman–Crippen MR) is 115 cm³/mol. The number of hydrogen-bond acceptors (Lipinski definition) is 4. The third-order valence-electron chi connectivity index (χ3n) is 5.50. The molecule has 1 saturated carbocycles. The van der Waals surface area contributed by atoms with E-state index in [2.05, 4.69) is 26.9 Å². The van der Waals surface area contributed by atoms with Gasteiger partial charge in [0.1, 0.15) is 0 Å². The number of allylic oxidation sites excluding steroid dienone is 2. The van der Waals surface area contributed by atoms with E-state index in [1.54, 1.807) is 18.4 Å². The van der Waals surface area contributed by atoms with Gasteiger partial charge in [0.25, 0.3) is 0 Å². The number of nitrogens with zero attached hydrogens (tertiary/aromatic N) is 3. The molecule has 1 fully saturated rings. The molecule has 7 heteroatoms. The Bertz CT molecular complexity index is 1180. The van der Waals surface area contributed by atoms with Gasteiger partial charge in [0.15, 0.2) is 0 Å². The molecule has 1 aromatic heterocycles. The monoisotopic (exact) mass is 408 g/mol. The lowest BCUT2D eigenvalue weighted by Gasteiger charge is -2.15. The van der Waals surface area contributed by atoms with E-state index in [4.69, 9.17) is 0 Å². The highest BCUT2D eigenvalue weighted by atomic mass is 32.2. The summed E-state index contributed by atoms with van der Waals surface area (Å²) in [6, 6.07) is 7.78. The van der Waals surface area contributed by atoms with Gasteiger partial charge >= 0.3 is 0 Å². The van der Waals surface area contributed by atoms with Crippen molar-refractivity contribution in [3.05, 3.63) is 60.0 Å². The van der Waals surface area contributed by atoms with Gasteiger partial charge in [-0.1, -0.05) is 12.7 Å². The summed E-state index contributed by atoms with van der Waals surface area (Å²) in [4.78, 5) is 4.44. The Morgan fingerprint density at radius 1 is 1.41 bits per heavy atom. The average molecular weight is 409 g/mol. The fourth-order valence-corrected chi connectivity index (χ4v) is 5.61. The highest BCUT2D eigenvalue weighted by Gasteiger charge is 2.39. The normalized spacial score (nSPS) is 19.6. The van der Waals surface area contributed by atoms with E-state index in [0.29, 0.717) is 24.9 Å². The molecule has 1 unspecified atom stereocenters. The van der Waals surface area contributed by atoms with Crippen molar-refractivity contribution in [1.82, 2.24) is 9.29 Å². The van der Waals surface area contributed by atoms with E-state index in [1.807, 2.05) is 25.1 Å². The van der Waals surface area contributed by atoms with E-state index in [0.717, 1.165) is 40.7 Å². The summed E-state index contributed by atoms with van der Waals surface area (Å²) in [5.41, 5.74) is 4.86. The van der Waals surface area contributed by atoms with Crippen LogP contribution >= 0.6 is 0 Å². The SMILES string of the molecule is C=C/C=C\N=C(C)Cn1c2c(c3cc(C#N)ccc31)CC(NS(=O)(=O)C1CC1)C2. The van der Waals surface area contributed by atoms with Crippen LogP contribution in [0.5, 0.6) is 0 Å². The molecule has 150 valence electrons. The first-order valence-corrected chi connectivity index (χ1v) is 11.3. The van der Waals surface area contributed by atoms with E-state index in [1.165, 1.54) is 0 Å². The van der Waals surface area contributed by atoms with Crippen molar-refractivity contribution in [2.45, 2.75) is 50.4 Å². The number of rotatable bonds is 7. The van der Waals surface area contributed by atoms with E-state index in [9.17, 15) is 13.7 Å². The van der Waals surface area contributed by atoms with Crippen LogP contribution in [-0.4, -0.2) is 30.0 Å². The van der Waals surface area contributed by atoms with Gasteiger partial charge in [-0.05, 0) is 56.0 Å². The zero-order valence-electron chi connectivity index (χ0n) is 16.4. The van der Waals surface area contributed by atoms with Crippen molar-refractivity contribution in [2.24, 2.45) is 4.99 Å². The van der Waals surface area contributed by atoms with Crippen LogP contribution in [0.1, 0.15) is 36.6 Å². The molecule has 0 saturated heterocycles. The van der Waals surface area contributed by atoms with Gasteiger partial charge in [-0.15, -0.1) is 0 Å². The number of aliphatic imine (C=N–C) groups is 1. The highest BCUT2D eigenvalue weighted by molar-refractivity contribution is 7.90. The maximum absolute atomic E-state index is 12.4. The Hall–Kier alpha value is -2.69. The Labute approximate surface area is 171 Å². The van der Waals surface area contributed by atoms with Gasteiger partial charge in [-0.25, -0.2) is 13.1 Å². The topological polar surface area (TPSA) is 87.2 Å². The lowest BCUT2D eigenvalue weighted by Crippen LogP contribution is -2.37. The molecular weight excluding hydrogens is 384 g/mol. The molecule has 1 aromatic carbocycles. The maximum atomic E-state index is 12.4. The molecule has 0 spiro atoms. The number of aromatic nitrogens is 1. The Morgan fingerprint density at radius 2 is 2.21 bits per heavy atom. The third-order valence-corrected chi connectivity index (χ3v) is 7.52. The first-order chi connectivity index (χ1) is 13.9. The van der Waals surface area contributed by atoms with Crippen molar-refractivity contribution >= 4 is 26.6 Å². The number of benzene rings is 1. The second-order valence-corrected chi connectivity index (χ2v) is 9.76. The largest absolute Gasteiger partial charge is 0.339 e. The summed E-state index contributed by atoms with van der Waals surface area (Å²) in [7, 11) is -3.24. The Balaban J connectivity index is 1.70. The minimum Gasteiger partial charge on any atom is -0.339 e. The van der Waals surface area contributed by atoms with Crippen molar-refractivity contribution in [2.75, 3.05) is 0 Å². The number of sulfonamides is 1. The van der Waals surface area contributed by atoms with Crippen molar-refractivity contribution in [1.29, 1.82) is 5.26 Å². The summed E-state index contributed by atoms with van der Waals surface area (Å²) in [6.45, 7) is 6.23. The molecule has 2 aliphatic carbocycles. The molecule has 0 aliphatic heterocycles. The molecule has 1 N–H and O–H groups in total. The standard InChI is InChI=1S/C22H24N4O2S/c1-3-4-9-24-15(2)14-26-21-8-5-16(13-23)10-19(21)20-11-17(12-22(20)26)25-29(27,28)18-6-7-18/h3-5,8-10,17-18,25H,1,6-7,11-12,14H2,2H3/b9-4-,24-15?. The van der Waals surface area contributed by atoms with Gasteiger partial charge in [-0.3, -0.25) is 4.99 Å². The number of hydrogen-bond donors (Lipinski definition) is 1. The van der Waals surface area contributed by atoms with Crippen LogP contribution in [0.15, 0.2) is 48.1 Å².